The van der Waals surface area contributed by atoms with Crippen LogP contribution in [0.2, 0.25) is 0 Å². The van der Waals surface area contributed by atoms with Gasteiger partial charge in [0.15, 0.2) is 5.82 Å². The highest BCUT2D eigenvalue weighted by Gasteiger charge is 2.14. The third kappa shape index (κ3) is 1.43. The average Bonchev–Trinajstić information content (AvgIpc) is 2.31. The summed E-state index contributed by atoms with van der Waals surface area (Å²) >= 11 is 0. The van der Waals surface area contributed by atoms with E-state index in [4.69, 9.17) is 6.42 Å². The topological polar surface area (TPSA) is 17.8 Å². The third-order valence-corrected chi connectivity index (χ3v) is 1.49. The van der Waals surface area contributed by atoms with Crippen molar-refractivity contribution in [2.75, 3.05) is 0 Å². The lowest BCUT2D eigenvalue weighted by Gasteiger charge is -2.21. The normalized spacial score (nSPS) is 11.1. The molecule has 0 aliphatic rings. The van der Waals surface area contributed by atoms with Gasteiger partial charge in [0.25, 0.3) is 0 Å². The lowest BCUT2D eigenvalue weighted by Crippen LogP contribution is -2.22. The molecular weight excluding hydrogens is 136 g/mol. The molecule has 0 saturated carbocycles. The number of imidazole rings is 1. The standard InChI is InChI=1S/C9H12N2/c1-5-8-10-6-7-11(8)9(2,3)4/h1,6-7H,2-4H3. The molecule has 1 rings (SSSR count). The fraction of sp³-hybridized carbons (Fsp3) is 0.444. The number of hydrogen-bond acceptors (Lipinski definition) is 1. The molecule has 0 unspecified atom stereocenters. The van der Waals surface area contributed by atoms with Crippen molar-refractivity contribution >= 4 is 0 Å². The molecule has 1 heterocycles. The second-order valence-corrected chi connectivity index (χ2v) is 3.44. The van der Waals surface area contributed by atoms with Crippen LogP contribution in [-0.4, -0.2) is 9.55 Å². The van der Waals surface area contributed by atoms with Crippen LogP contribution in [0.3, 0.4) is 0 Å². The van der Waals surface area contributed by atoms with Crippen LogP contribution < -0.4 is 0 Å². The smallest absolute Gasteiger partial charge is 0.185 e. The van der Waals surface area contributed by atoms with E-state index in [2.05, 4.69) is 31.7 Å². The highest BCUT2D eigenvalue weighted by Crippen LogP contribution is 2.14. The molecule has 2 nitrogen and oxygen atoms in total. The largest absolute Gasteiger partial charge is 0.319 e. The van der Waals surface area contributed by atoms with E-state index in [-0.39, 0.29) is 5.54 Å². The van der Waals surface area contributed by atoms with Crippen molar-refractivity contribution in [3.8, 4) is 12.3 Å². The zero-order chi connectivity index (χ0) is 8.48. The van der Waals surface area contributed by atoms with Crippen LogP contribution in [-0.2, 0) is 5.54 Å². The Morgan fingerprint density at radius 3 is 2.55 bits per heavy atom. The van der Waals surface area contributed by atoms with Gasteiger partial charge in [-0.15, -0.1) is 6.42 Å². The van der Waals surface area contributed by atoms with E-state index in [1.807, 2.05) is 10.8 Å². The Bertz CT molecular complexity index is 283. The van der Waals surface area contributed by atoms with E-state index in [0.29, 0.717) is 5.82 Å². The highest BCUT2D eigenvalue weighted by atomic mass is 15.1. The van der Waals surface area contributed by atoms with Gasteiger partial charge in [-0.3, -0.25) is 0 Å². The molecule has 0 N–H and O–H groups in total. The first kappa shape index (κ1) is 7.87. The van der Waals surface area contributed by atoms with Crippen LogP contribution in [0.15, 0.2) is 12.4 Å². The Labute approximate surface area is 67.3 Å². The van der Waals surface area contributed by atoms with Gasteiger partial charge < -0.3 is 4.57 Å². The Balaban J connectivity index is 3.15. The summed E-state index contributed by atoms with van der Waals surface area (Å²) in [6.07, 6.45) is 8.88. The van der Waals surface area contributed by atoms with Crippen LogP contribution in [0.4, 0.5) is 0 Å². The molecule has 0 aliphatic heterocycles. The Morgan fingerprint density at radius 2 is 2.18 bits per heavy atom. The van der Waals surface area contributed by atoms with E-state index in [9.17, 15) is 0 Å². The number of nitrogens with zero attached hydrogens (tertiary/aromatic N) is 2. The molecule has 0 aliphatic carbocycles. The van der Waals surface area contributed by atoms with Crippen molar-refractivity contribution in [1.82, 2.24) is 9.55 Å². The second kappa shape index (κ2) is 2.43. The van der Waals surface area contributed by atoms with Gasteiger partial charge in [-0.05, 0) is 26.7 Å². The maximum absolute atomic E-state index is 5.26. The van der Waals surface area contributed by atoms with Gasteiger partial charge in [0.05, 0.1) is 0 Å². The van der Waals surface area contributed by atoms with Crippen LogP contribution >= 0.6 is 0 Å². The second-order valence-electron chi connectivity index (χ2n) is 3.44. The molecular formula is C9H12N2. The number of hydrogen-bond donors (Lipinski definition) is 0. The van der Waals surface area contributed by atoms with Gasteiger partial charge in [0.1, 0.15) is 0 Å². The van der Waals surface area contributed by atoms with Gasteiger partial charge in [0.2, 0.25) is 0 Å². The molecule has 0 aromatic carbocycles. The summed E-state index contributed by atoms with van der Waals surface area (Å²) in [6, 6.07) is 0. The minimum atomic E-state index is 0.0260. The molecule has 58 valence electrons. The third-order valence-electron chi connectivity index (χ3n) is 1.49. The fourth-order valence-electron chi connectivity index (χ4n) is 0.952. The quantitative estimate of drug-likeness (QED) is 0.511. The van der Waals surface area contributed by atoms with E-state index in [1.165, 1.54) is 0 Å². The van der Waals surface area contributed by atoms with Crippen molar-refractivity contribution in [1.29, 1.82) is 0 Å². The SMILES string of the molecule is C#Cc1nccn1C(C)(C)C. The van der Waals surface area contributed by atoms with E-state index < -0.39 is 0 Å². The van der Waals surface area contributed by atoms with Crippen molar-refractivity contribution in [2.45, 2.75) is 26.3 Å². The van der Waals surface area contributed by atoms with Gasteiger partial charge in [-0.25, -0.2) is 4.98 Å². The molecule has 0 saturated heterocycles. The van der Waals surface area contributed by atoms with Crippen molar-refractivity contribution in [3.05, 3.63) is 18.2 Å². The maximum Gasteiger partial charge on any atom is 0.185 e. The molecule has 0 bridgehead atoms. The predicted octanol–water partition coefficient (Wildman–Crippen LogP) is 1.62. The summed E-state index contributed by atoms with van der Waals surface area (Å²) in [5.41, 5.74) is 0.0260. The summed E-state index contributed by atoms with van der Waals surface area (Å²) in [6.45, 7) is 6.28. The van der Waals surface area contributed by atoms with Gasteiger partial charge in [-0.1, -0.05) is 0 Å². The first-order valence-electron chi connectivity index (χ1n) is 3.56. The van der Waals surface area contributed by atoms with Crippen LogP contribution in [0, 0.1) is 12.3 Å². The molecule has 0 radical (unpaired) electrons. The summed E-state index contributed by atoms with van der Waals surface area (Å²) in [7, 11) is 0. The van der Waals surface area contributed by atoms with Crippen LogP contribution in [0.25, 0.3) is 0 Å². The monoisotopic (exact) mass is 148 g/mol. The van der Waals surface area contributed by atoms with Crippen molar-refractivity contribution in [3.63, 3.8) is 0 Å². The zero-order valence-electron chi connectivity index (χ0n) is 7.13. The van der Waals surface area contributed by atoms with Gasteiger partial charge in [0, 0.05) is 17.9 Å². The Hall–Kier alpha value is -1.23. The van der Waals surface area contributed by atoms with Crippen LogP contribution in [0.1, 0.15) is 26.6 Å². The number of terminal acetylenes is 1. The first-order chi connectivity index (χ1) is 5.05. The van der Waals surface area contributed by atoms with E-state index >= 15 is 0 Å². The number of rotatable bonds is 0. The molecule has 1 aromatic rings. The highest BCUT2D eigenvalue weighted by molar-refractivity contribution is 5.18. The predicted molar refractivity (Wildman–Crippen MR) is 45.2 cm³/mol. The lowest BCUT2D eigenvalue weighted by atomic mass is 10.1. The minimum Gasteiger partial charge on any atom is -0.319 e. The number of aromatic nitrogens is 2. The molecule has 0 fully saturated rings. The molecule has 0 spiro atoms. The van der Waals surface area contributed by atoms with Crippen molar-refractivity contribution < 1.29 is 0 Å². The lowest BCUT2D eigenvalue weighted by molar-refractivity contribution is 0.393. The fourth-order valence-corrected chi connectivity index (χ4v) is 0.952. The molecule has 11 heavy (non-hydrogen) atoms. The Morgan fingerprint density at radius 1 is 1.55 bits per heavy atom. The molecule has 1 aromatic heterocycles. The Kier molecular flexibility index (Phi) is 1.74. The maximum atomic E-state index is 5.26. The minimum absolute atomic E-state index is 0.0260. The molecule has 0 atom stereocenters. The first-order valence-corrected chi connectivity index (χ1v) is 3.56. The van der Waals surface area contributed by atoms with E-state index in [0.717, 1.165) is 0 Å². The van der Waals surface area contributed by atoms with Gasteiger partial charge in [-0.2, -0.15) is 0 Å². The molecule has 0 amide bonds. The van der Waals surface area contributed by atoms with E-state index in [1.54, 1.807) is 6.20 Å². The zero-order valence-corrected chi connectivity index (χ0v) is 7.13. The van der Waals surface area contributed by atoms with Crippen LogP contribution in [0.5, 0.6) is 0 Å². The average molecular weight is 148 g/mol. The summed E-state index contributed by atoms with van der Waals surface area (Å²) < 4.78 is 1.98. The summed E-state index contributed by atoms with van der Waals surface area (Å²) in [5.74, 6) is 3.23. The summed E-state index contributed by atoms with van der Waals surface area (Å²) in [5, 5.41) is 0. The molecule has 2 heteroatoms. The summed E-state index contributed by atoms with van der Waals surface area (Å²) in [4.78, 5) is 4.03. The van der Waals surface area contributed by atoms with Gasteiger partial charge >= 0.3 is 0 Å². The van der Waals surface area contributed by atoms with Crippen molar-refractivity contribution in [2.24, 2.45) is 0 Å².